The summed E-state index contributed by atoms with van der Waals surface area (Å²) in [6, 6.07) is 6.92. The number of halogens is 1. The zero-order chi connectivity index (χ0) is 14.3. The van der Waals surface area contributed by atoms with Gasteiger partial charge in [0.25, 0.3) is 0 Å². The van der Waals surface area contributed by atoms with E-state index in [1.54, 1.807) is 19.1 Å². The molecule has 6 heteroatoms. The van der Waals surface area contributed by atoms with Gasteiger partial charge in [0.15, 0.2) is 0 Å². The van der Waals surface area contributed by atoms with Crippen molar-refractivity contribution in [3.05, 3.63) is 28.2 Å². The van der Waals surface area contributed by atoms with Crippen LogP contribution in [0.25, 0.3) is 0 Å². The number of benzene rings is 1. The van der Waals surface area contributed by atoms with E-state index in [0.29, 0.717) is 0 Å². The van der Waals surface area contributed by atoms with E-state index in [0.717, 1.165) is 22.9 Å². The number of sulfonamides is 1. The molecule has 102 valence electrons. The third kappa shape index (κ3) is 2.99. The van der Waals surface area contributed by atoms with E-state index in [1.165, 1.54) is 6.07 Å². The molecule has 4 nitrogen and oxygen atoms in total. The van der Waals surface area contributed by atoms with Crippen LogP contribution in [0.3, 0.4) is 0 Å². The molecule has 2 rings (SSSR count). The van der Waals surface area contributed by atoms with Crippen molar-refractivity contribution >= 4 is 26.0 Å². The first-order valence-corrected chi connectivity index (χ1v) is 8.27. The Kier molecular flexibility index (Phi) is 3.74. The summed E-state index contributed by atoms with van der Waals surface area (Å²) in [6.45, 7) is 3.47. The Morgan fingerprint density at radius 3 is 2.58 bits per heavy atom. The van der Waals surface area contributed by atoms with Crippen molar-refractivity contribution in [3.8, 4) is 6.07 Å². The van der Waals surface area contributed by atoms with Gasteiger partial charge in [-0.05, 0) is 56.4 Å². The summed E-state index contributed by atoms with van der Waals surface area (Å²) in [7, 11) is -3.67. The molecule has 0 aliphatic heterocycles. The van der Waals surface area contributed by atoms with E-state index in [1.807, 2.05) is 6.92 Å². The van der Waals surface area contributed by atoms with Crippen LogP contribution >= 0.6 is 15.9 Å². The summed E-state index contributed by atoms with van der Waals surface area (Å²) < 4.78 is 28.0. The normalized spacial score (nSPS) is 18.6. The number of hydrogen-bond acceptors (Lipinski definition) is 3. The second-order valence-corrected chi connectivity index (χ2v) is 7.64. The number of rotatable bonds is 4. The second-order valence-electron chi connectivity index (χ2n) is 5.10. The van der Waals surface area contributed by atoms with Gasteiger partial charge in [-0.15, -0.1) is 0 Å². The summed E-state index contributed by atoms with van der Waals surface area (Å²) in [6.07, 6.45) is 1.79. The molecule has 1 aliphatic rings. The van der Waals surface area contributed by atoms with Gasteiger partial charge in [0.05, 0.1) is 11.0 Å². The van der Waals surface area contributed by atoms with Crippen molar-refractivity contribution in [3.63, 3.8) is 0 Å². The first-order chi connectivity index (χ1) is 8.78. The largest absolute Gasteiger partial charge is 0.241 e. The van der Waals surface area contributed by atoms with Crippen LogP contribution in [-0.2, 0) is 10.0 Å². The Morgan fingerprint density at radius 1 is 1.47 bits per heavy atom. The quantitative estimate of drug-likeness (QED) is 0.914. The van der Waals surface area contributed by atoms with Crippen LogP contribution in [0.2, 0.25) is 0 Å². The van der Waals surface area contributed by atoms with Crippen LogP contribution < -0.4 is 4.72 Å². The molecular weight excluding hydrogens is 328 g/mol. The summed E-state index contributed by atoms with van der Waals surface area (Å²) in [5.74, 6) is 0.115. The smallest absolute Gasteiger partial charge is 0.207 e. The molecule has 19 heavy (non-hydrogen) atoms. The lowest BCUT2D eigenvalue weighted by Crippen LogP contribution is -2.46. The Hall–Kier alpha value is -0.900. The third-order valence-electron chi connectivity index (χ3n) is 3.41. The zero-order valence-corrected chi connectivity index (χ0v) is 13.2. The minimum atomic E-state index is -3.67. The van der Waals surface area contributed by atoms with Gasteiger partial charge in [-0.2, -0.15) is 9.98 Å². The predicted molar refractivity (Wildman–Crippen MR) is 75.9 cm³/mol. The fourth-order valence-corrected chi connectivity index (χ4v) is 3.69. The second kappa shape index (κ2) is 4.89. The van der Waals surface area contributed by atoms with E-state index < -0.39 is 15.6 Å². The van der Waals surface area contributed by atoms with Crippen molar-refractivity contribution in [2.45, 2.75) is 37.1 Å². The summed E-state index contributed by atoms with van der Waals surface area (Å²) in [4.78, 5) is 0.190. The molecule has 1 aromatic rings. The molecule has 1 aliphatic carbocycles. The Morgan fingerprint density at radius 2 is 2.11 bits per heavy atom. The molecule has 0 saturated heterocycles. The summed E-state index contributed by atoms with van der Waals surface area (Å²) in [5, 5.41) is 9.22. The van der Waals surface area contributed by atoms with Crippen LogP contribution in [0.4, 0.5) is 0 Å². The van der Waals surface area contributed by atoms with Crippen molar-refractivity contribution in [2.75, 3.05) is 0 Å². The lowest BCUT2D eigenvalue weighted by atomic mass is 10.0. The highest BCUT2D eigenvalue weighted by molar-refractivity contribution is 9.10. The zero-order valence-electron chi connectivity index (χ0n) is 10.8. The number of aryl methyl sites for hydroxylation is 1. The number of nitrogens with zero attached hydrogens (tertiary/aromatic N) is 1. The molecule has 1 aromatic carbocycles. The molecule has 1 fully saturated rings. The number of nitrogens with one attached hydrogen (secondary N) is 1. The Bertz CT molecular complexity index is 647. The highest BCUT2D eigenvalue weighted by atomic mass is 79.9. The van der Waals surface area contributed by atoms with E-state index in [4.69, 9.17) is 0 Å². The van der Waals surface area contributed by atoms with Crippen molar-refractivity contribution < 1.29 is 8.42 Å². The molecular formula is C13H15BrN2O2S. The standard InChI is InChI=1S/C13H15BrN2O2S/c1-9-7-11(5-6-12(9)14)19(17,18)16-13(2,8-15)10-3-4-10/h5-7,10,16H,3-4H2,1-2H3/t13-/m0/s1. The molecule has 0 bridgehead atoms. The van der Waals surface area contributed by atoms with Gasteiger partial charge >= 0.3 is 0 Å². The minimum Gasteiger partial charge on any atom is -0.207 e. The Balaban J connectivity index is 2.32. The molecule has 1 saturated carbocycles. The maximum Gasteiger partial charge on any atom is 0.241 e. The highest BCUT2D eigenvalue weighted by Gasteiger charge is 2.44. The van der Waals surface area contributed by atoms with E-state index in [2.05, 4.69) is 26.7 Å². The fraction of sp³-hybridized carbons (Fsp3) is 0.462. The molecule has 0 heterocycles. The first-order valence-electron chi connectivity index (χ1n) is 6.00. The van der Waals surface area contributed by atoms with Crippen molar-refractivity contribution in [2.24, 2.45) is 5.92 Å². The molecule has 0 amide bonds. The Labute approximate surface area is 122 Å². The van der Waals surface area contributed by atoms with Crippen molar-refractivity contribution in [1.29, 1.82) is 5.26 Å². The van der Waals surface area contributed by atoms with Gasteiger partial charge in [0.1, 0.15) is 5.54 Å². The van der Waals surface area contributed by atoms with Crippen LogP contribution in [0.15, 0.2) is 27.6 Å². The maximum atomic E-state index is 12.3. The van der Waals surface area contributed by atoms with Gasteiger partial charge in [-0.1, -0.05) is 15.9 Å². The molecule has 0 aromatic heterocycles. The lowest BCUT2D eigenvalue weighted by Gasteiger charge is -2.22. The monoisotopic (exact) mass is 342 g/mol. The number of hydrogen-bond donors (Lipinski definition) is 1. The van der Waals surface area contributed by atoms with Gasteiger partial charge < -0.3 is 0 Å². The van der Waals surface area contributed by atoms with E-state index in [9.17, 15) is 13.7 Å². The maximum absolute atomic E-state index is 12.3. The molecule has 0 radical (unpaired) electrons. The average Bonchev–Trinajstić information content (AvgIpc) is 3.16. The summed E-state index contributed by atoms with van der Waals surface area (Å²) in [5.41, 5.74) is -0.173. The summed E-state index contributed by atoms with van der Waals surface area (Å²) >= 11 is 3.34. The van der Waals surface area contributed by atoms with Gasteiger partial charge in [0.2, 0.25) is 10.0 Å². The van der Waals surface area contributed by atoms with Crippen LogP contribution in [0.1, 0.15) is 25.3 Å². The topological polar surface area (TPSA) is 70.0 Å². The third-order valence-corrected chi connectivity index (χ3v) is 5.87. The molecule has 0 spiro atoms. The molecule has 1 N–H and O–H groups in total. The minimum absolute atomic E-state index is 0.115. The average molecular weight is 343 g/mol. The SMILES string of the molecule is Cc1cc(S(=O)(=O)N[C@@](C)(C#N)C2CC2)ccc1Br. The lowest BCUT2D eigenvalue weighted by molar-refractivity contribution is 0.458. The first kappa shape index (κ1) is 14.5. The van der Waals surface area contributed by atoms with Crippen molar-refractivity contribution in [1.82, 2.24) is 4.72 Å². The van der Waals surface area contributed by atoms with Gasteiger partial charge in [0, 0.05) is 4.47 Å². The highest BCUT2D eigenvalue weighted by Crippen LogP contribution is 2.40. The van der Waals surface area contributed by atoms with E-state index >= 15 is 0 Å². The molecule has 0 unspecified atom stereocenters. The van der Waals surface area contributed by atoms with E-state index in [-0.39, 0.29) is 10.8 Å². The number of nitriles is 1. The fourth-order valence-electron chi connectivity index (χ4n) is 1.98. The van der Waals surface area contributed by atoms with Gasteiger partial charge in [-0.25, -0.2) is 8.42 Å². The molecule has 1 atom stereocenters. The van der Waals surface area contributed by atoms with Crippen LogP contribution in [0.5, 0.6) is 0 Å². The van der Waals surface area contributed by atoms with Crippen LogP contribution in [-0.4, -0.2) is 14.0 Å². The van der Waals surface area contributed by atoms with Gasteiger partial charge in [-0.3, -0.25) is 0 Å². The predicted octanol–water partition coefficient (Wildman–Crippen LogP) is 2.73. The van der Waals surface area contributed by atoms with Crippen LogP contribution in [0, 0.1) is 24.2 Å².